The predicted octanol–water partition coefficient (Wildman–Crippen LogP) is 5.51. The maximum atomic E-state index is 14.2. The average molecular weight is 710 g/mol. The fourth-order valence-electron chi connectivity index (χ4n) is 6.95. The van der Waals surface area contributed by atoms with Crippen molar-refractivity contribution in [3.63, 3.8) is 0 Å². The van der Waals surface area contributed by atoms with Gasteiger partial charge in [-0.1, -0.05) is 55.0 Å². The molecule has 0 amide bonds. The Morgan fingerprint density at radius 1 is 0.960 bits per heavy atom. The van der Waals surface area contributed by atoms with Gasteiger partial charge in [0.25, 0.3) is 0 Å². The number of hydrogen-bond donors (Lipinski definition) is 1. The van der Waals surface area contributed by atoms with Crippen molar-refractivity contribution in [3.8, 4) is 5.75 Å². The second-order valence-corrected chi connectivity index (χ2v) is 15.5. The first kappa shape index (κ1) is 38.2. The maximum Gasteiger partial charge on any atom is 0.243 e. The number of ether oxygens (including phenoxy) is 5. The van der Waals surface area contributed by atoms with Crippen molar-refractivity contribution in [2.24, 2.45) is 11.7 Å². The lowest BCUT2D eigenvalue weighted by molar-refractivity contribution is -0.0205. The zero-order valence-electron chi connectivity index (χ0n) is 30.1. The van der Waals surface area contributed by atoms with E-state index < -0.39 is 10.0 Å². The summed E-state index contributed by atoms with van der Waals surface area (Å²) in [6.45, 7) is 9.85. The summed E-state index contributed by atoms with van der Waals surface area (Å²) in [5, 5.41) is 0. The standard InChI is InChI=1S/C39H55N3O7S/c1-29-6-13-35(14-7-29)50(43,44)42-24-39(49-28-32-10-15-38-37(22-32)41(19-21-48-38)18-5-20-45-3)36(23-34(42)16-17-40)33-11-8-31(9-12-33)27-47-26-30(2)25-46-4/h6-15,22,30,34,36,39H,5,16-21,23-28,40H2,1-4H3/t30-,34-,36+,39-/m0/s1. The number of anilines is 1. The van der Waals surface area contributed by atoms with Gasteiger partial charge in [0.1, 0.15) is 12.4 Å². The second kappa shape index (κ2) is 18.5. The van der Waals surface area contributed by atoms with Crippen LogP contribution in [0.15, 0.2) is 71.6 Å². The molecule has 1 fully saturated rings. The average Bonchev–Trinajstić information content (AvgIpc) is 3.12. The summed E-state index contributed by atoms with van der Waals surface area (Å²) in [6, 6.07) is 21.5. The quantitative estimate of drug-likeness (QED) is 0.171. The highest BCUT2D eigenvalue weighted by Gasteiger charge is 2.42. The van der Waals surface area contributed by atoms with Crippen LogP contribution in [-0.4, -0.2) is 91.7 Å². The molecule has 5 rings (SSSR count). The summed E-state index contributed by atoms with van der Waals surface area (Å²) in [5.41, 5.74) is 11.4. The number of piperidine rings is 1. The number of rotatable bonds is 18. The fourth-order valence-corrected chi connectivity index (χ4v) is 8.62. The van der Waals surface area contributed by atoms with E-state index in [0.29, 0.717) is 64.9 Å². The molecule has 11 heteroatoms. The molecule has 2 heterocycles. The summed E-state index contributed by atoms with van der Waals surface area (Å²) >= 11 is 0. The molecular formula is C39H55N3O7S. The summed E-state index contributed by atoms with van der Waals surface area (Å²) < 4.78 is 59.1. The van der Waals surface area contributed by atoms with Crippen LogP contribution in [0.3, 0.4) is 0 Å². The first-order valence-electron chi connectivity index (χ1n) is 17.8. The van der Waals surface area contributed by atoms with Crippen LogP contribution in [-0.2, 0) is 42.2 Å². The van der Waals surface area contributed by atoms with Gasteiger partial charge in [-0.3, -0.25) is 0 Å². The van der Waals surface area contributed by atoms with E-state index in [2.05, 4.69) is 42.2 Å². The lowest BCUT2D eigenvalue weighted by Crippen LogP contribution is -2.52. The van der Waals surface area contributed by atoms with Crippen LogP contribution < -0.4 is 15.4 Å². The van der Waals surface area contributed by atoms with E-state index in [1.165, 1.54) is 0 Å². The highest BCUT2D eigenvalue weighted by atomic mass is 32.2. The number of nitrogens with zero attached hydrogens (tertiary/aromatic N) is 2. The Balaban J connectivity index is 1.39. The van der Waals surface area contributed by atoms with Crippen LogP contribution in [0, 0.1) is 12.8 Å². The minimum atomic E-state index is -3.79. The van der Waals surface area contributed by atoms with Crippen LogP contribution in [0.1, 0.15) is 54.4 Å². The Bertz CT molecular complexity index is 1590. The van der Waals surface area contributed by atoms with Crippen molar-refractivity contribution >= 4 is 15.7 Å². The first-order valence-corrected chi connectivity index (χ1v) is 19.2. The van der Waals surface area contributed by atoms with E-state index >= 15 is 0 Å². The summed E-state index contributed by atoms with van der Waals surface area (Å²) in [7, 11) is -0.366. The lowest BCUT2D eigenvalue weighted by atomic mass is 9.83. The molecule has 274 valence electrons. The van der Waals surface area contributed by atoms with Crippen LogP contribution >= 0.6 is 0 Å². The molecule has 0 aromatic heterocycles. The van der Waals surface area contributed by atoms with Gasteiger partial charge in [0.2, 0.25) is 10.0 Å². The number of nitrogens with two attached hydrogens (primary N) is 1. The molecule has 4 atom stereocenters. The monoisotopic (exact) mass is 709 g/mol. The first-order chi connectivity index (χ1) is 24.2. The van der Waals surface area contributed by atoms with Gasteiger partial charge in [0, 0.05) is 51.8 Å². The molecule has 2 aliphatic heterocycles. The molecular weight excluding hydrogens is 655 g/mol. The third-order valence-electron chi connectivity index (χ3n) is 9.62. The topological polar surface area (TPSA) is 113 Å². The van der Waals surface area contributed by atoms with E-state index in [9.17, 15) is 8.42 Å². The van der Waals surface area contributed by atoms with Crippen molar-refractivity contribution in [2.75, 3.05) is 71.7 Å². The number of fused-ring (bicyclic) bond motifs is 1. The fraction of sp³-hybridized carbons (Fsp3) is 0.538. The summed E-state index contributed by atoms with van der Waals surface area (Å²) in [5.74, 6) is 1.16. The molecule has 0 aliphatic carbocycles. The van der Waals surface area contributed by atoms with E-state index in [1.807, 2.05) is 31.2 Å². The van der Waals surface area contributed by atoms with Gasteiger partial charge in [0.15, 0.2) is 0 Å². The number of benzene rings is 3. The Morgan fingerprint density at radius 2 is 1.72 bits per heavy atom. The lowest BCUT2D eigenvalue weighted by Gasteiger charge is -2.43. The minimum absolute atomic E-state index is 0.0285. The summed E-state index contributed by atoms with van der Waals surface area (Å²) in [6.07, 6.45) is 1.70. The van der Waals surface area contributed by atoms with E-state index in [4.69, 9.17) is 29.4 Å². The van der Waals surface area contributed by atoms with Crippen LogP contribution in [0.25, 0.3) is 0 Å². The molecule has 2 N–H and O–H groups in total. The molecule has 50 heavy (non-hydrogen) atoms. The predicted molar refractivity (Wildman–Crippen MR) is 196 cm³/mol. The van der Waals surface area contributed by atoms with Gasteiger partial charge < -0.3 is 34.3 Å². The van der Waals surface area contributed by atoms with E-state index in [1.54, 1.807) is 30.7 Å². The van der Waals surface area contributed by atoms with Gasteiger partial charge in [-0.05, 0) is 73.7 Å². The van der Waals surface area contributed by atoms with Gasteiger partial charge in [-0.25, -0.2) is 8.42 Å². The molecule has 0 bridgehead atoms. The highest BCUT2D eigenvalue weighted by molar-refractivity contribution is 7.89. The Kier molecular flexibility index (Phi) is 14.1. The normalized spacial score (nSPS) is 20.3. The van der Waals surface area contributed by atoms with Gasteiger partial charge >= 0.3 is 0 Å². The molecule has 2 aliphatic rings. The van der Waals surface area contributed by atoms with Crippen LogP contribution in [0.5, 0.6) is 5.75 Å². The summed E-state index contributed by atoms with van der Waals surface area (Å²) in [4.78, 5) is 2.62. The minimum Gasteiger partial charge on any atom is -0.490 e. The maximum absolute atomic E-state index is 14.2. The number of sulfonamides is 1. The Morgan fingerprint density at radius 3 is 2.44 bits per heavy atom. The molecule has 10 nitrogen and oxygen atoms in total. The third-order valence-corrected chi connectivity index (χ3v) is 11.6. The van der Waals surface area contributed by atoms with Crippen LogP contribution in [0.4, 0.5) is 5.69 Å². The van der Waals surface area contributed by atoms with E-state index in [0.717, 1.165) is 53.2 Å². The van der Waals surface area contributed by atoms with E-state index in [-0.39, 0.29) is 29.5 Å². The number of methoxy groups -OCH3 is 2. The van der Waals surface area contributed by atoms with Crippen molar-refractivity contribution in [2.45, 2.75) is 69.3 Å². The van der Waals surface area contributed by atoms with Crippen molar-refractivity contribution in [3.05, 3.63) is 89.0 Å². The molecule has 0 saturated carbocycles. The van der Waals surface area contributed by atoms with Gasteiger partial charge in [-0.15, -0.1) is 0 Å². The largest absolute Gasteiger partial charge is 0.490 e. The van der Waals surface area contributed by atoms with Crippen molar-refractivity contribution in [1.82, 2.24) is 4.31 Å². The zero-order valence-corrected chi connectivity index (χ0v) is 30.9. The second-order valence-electron chi connectivity index (χ2n) is 13.6. The Labute approximate surface area is 298 Å². The van der Waals surface area contributed by atoms with Crippen molar-refractivity contribution < 1.29 is 32.1 Å². The van der Waals surface area contributed by atoms with Gasteiger partial charge in [0.05, 0.1) is 49.7 Å². The molecule has 1 saturated heterocycles. The molecule has 0 spiro atoms. The highest BCUT2D eigenvalue weighted by Crippen LogP contribution is 2.39. The molecule has 0 radical (unpaired) electrons. The third kappa shape index (κ3) is 9.85. The van der Waals surface area contributed by atoms with Gasteiger partial charge in [-0.2, -0.15) is 4.31 Å². The SMILES string of the molecule is COCCCN1CCOc2ccc(CO[C@H]3CN(S(=O)(=O)c4ccc(C)cc4)[C@@H](CCN)C[C@@H]3c3ccc(COC[C@@H](C)COC)cc3)cc21. The number of aryl methyl sites for hydroxylation is 1. The smallest absolute Gasteiger partial charge is 0.243 e. The molecule has 3 aromatic rings. The zero-order chi connectivity index (χ0) is 35.5. The van der Waals surface area contributed by atoms with Crippen LogP contribution in [0.2, 0.25) is 0 Å². The molecule has 0 unspecified atom stereocenters. The molecule has 3 aromatic carbocycles. The number of hydrogen-bond acceptors (Lipinski definition) is 9. The van der Waals surface area contributed by atoms with Crippen molar-refractivity contribution in [1.29, 1.82) is 0 Å². The Hall–Kier alpha value is -3.03.